The third kappa shape index (κ3) is 5.84. The van der Waals surface area contributed by atoms with E-state index in [-0.39, 0.29) is 0 Å². The molecule has 0 bridgehead atoms. The van der Waals surface area contributed by atoms with Gasteiger partial charge >= 0.3 is 0 Å². The third-order valence-corrected chi connectivity index (χ3v) is 9.70. The summed E-state index contributed by atoms with van der Waals surface area (Å²) in [4.78, 5) is 11.4. The minimum Gasteiger partial charge on any atom is -0.472 e. The summed E-state index contributed by atoms with van der Waals surface area (Å²) in [5, 5.41) is 16.5. The Morgan fingerprint density at radius 1 is 0.952 bits per heavy atom. The van der Waals surface area contributed by atoms with E-state index in [2.05, 4.69) is 80.1 Å². The number of piperidine rings is 1. The molecule has 0 aliphatic carbocycles. The number of anilines is 2. The van der Waals surface area contributed by atoms with E-state index in [0.29, 0.717) is 5.56 Å². The van der Waals surface area contributed by atoms with Crippen molar-refractivity contribution in [2.75, 3.05) is 31.5 Å². The number of fused-ring (bicyclic) bond motifs is 1. The van der Waals surface area contributed by atoms with Crippen LogP contribution in [0.5, 0.6) is 0 Å². The molecule has 0 saturated carbocycles. The summed E-state index contributed by atoms with van der Waals surface area (Å²) in [5.41, 5.74) is 7.88. The molecule has 212 valence electrons. The monoisotopic (exact) mass is 573 g/mol. The maximum Gasteiger partial charge on any atom is 0.103 e. The smallest absolute Gasteiger partial charge is 0.103 e. The third-order valence-electron chi connectivity index (χ3n) is 8.78. The molecule has 5 aromatic rings. The van der Waals surface area contributed by atoms with Gasteiger partial charge in [-0.2, -0.15) is 5.26 Å². The van der Waals surface area contributed by atoms with Crippen LogP contribution in [-0.2, 0) is 13.0 Å². The number of benzene rings is 2. The number of aromatic nitrogens is 1. The molecule has 42 heavy (non-hydrogen) atoms. The van der Waals surface area contributed by atoms with Crippen LogP contribution in [0.25, 0.3) is 22.0 Å². The summed E-state index contributed by atoms with van der Waals surface area (Å²) in [6.07, 6.45) is 11.3. The molecule has 2 aliphatic rings. The standard InChI is InChI=1S/C35H35N5OS/c36-20-29-21-37-34-19-27(28-18-32(42-24-28)22-39-14-9-31(10-15-39)40-12-1-2-13-40)5-8-33(34)35(29)38-30-6-3-25(4-7-30)17-26-11-16-41-23-26/h3-8,11,16,18-19,21,23-24,31H,1-2,9-10,12-15,17,22H2,(H,37,38). The molecule has 0 atom stereocenters. The lowest BCUT2D eigenvalue weighted by Crippen LogP contribution is -2.43. The summed E-state index contributed by atoms with van der Waals surface area (Å²) < 4.78 is 5.19. The number of thiophene rings is 1. The van der Waals surface area contributed by atoms with Crippen molar-refractivity contribution in [2.24, 2.45) is 0 Å². The SMILES string of the molecule is N#Cc1cnc2cc(-c3csc(CN4CCC(N5CCCC5)CC4)c3)ccc2c1Nc1ccc(Cc2ccoc2)cc1. The van der Waals surface area contributed by atoms with Crippen LogP contribution in [0.1, 0.15) is 47.3 Å². The zero-order valence-electron chi connectivity index (χ0n) is 23.8. The quantitative estimate of drug-likeness (QED) is 0.204. The molecule has 2 aliphatic heterocycles. The molecular formula is C35H35N5OS. The van der Waals surface area contributed by atoms with E-state index in [1.807, 2.05) is 17.4 Å². The maximum atomic E-state index is 9.84. The van der Waals surface area contributed by atoms with Crippen LogP contribution in [-0.4, -0.2) is 47.0 Å². The summed E-state index contributed by atoms with van der Waals surface area (Å²) in [6.45, 7) is 6.02. The molecule has 2 aromatic carbocycles. The number of rotatable bonds is 8. The van der Waals surface area contributed by atoms with Crippen LogP contribution in [0.2, 0.25) is 0 Å². The Balaban J connectivity index is 1.05. The highest BCUT2D eigenvalue weighted by molar-refractivity contribution is 7.10. The number of hydrogen-bond donors (Lipinski definition) is 1. The van der Waals surface area contributed by atoms with Gasteiger partial charge in [0, 0.05) is 54.2 Å². The molecule has 0 amide bonds. The van der Waals surface area contributed by atoms with Crippen molar-refractivity contribution in [1.82, 2.24) is 14.8 Å². The van der Waals surface area contributed by atoms with E-state index in [0.717, 1.165) is 52.4 Å². The van der Waals surface area contributed by atoms with Gasteiger partial charge in [0.25, 0.3) is 0 Å². The number of furan rings is 1. The van der Waals surface area contributed by atoms with Gasteiger partial charge in [0.1, 0.15) is 6.07 Å². The van der Waals surface area contributed by atoms with Gasteiger partial charge in [-0.15, -0.1) is 11.3 Å². The highest BCUT2D eigenvalue weighted by Gasteiger charge is 2.26. The summed E-state index contributed by atoms with van der Waals surface area (Å²) in [6, 6.07) is 22.1. The van der Waals surface area contributed by atoms with Gasteiger partial charge in [-0.25, -0.2) is 0 Å². The van der Waals surface area contributed by atoms with Crippen molar-refractivity contribution in [3.05, 3.63) is 100 Å². The Bertz CT molecular complexity index is 1690. The number of nitrogens with one attached hydrogen (secondary N) is 1. The molecule has 0 unspecified atom stereocenters. The van der Waals surface area contributed by atoms with Crippen molar-refractivity contribution in [1.29, 1.82) is 5.26 Å². The first-order valence-corrected chi connectivity index (χ1v) is 15.8. The van der Waals surface area contributed by atoms with Crippen LogP contribution in [0.3, 0.4) is 0 Å². The number of pyridine rings is 1. The normalized spacial score (nSPS) is 16.6. The van der Waals surface area contributed by atoms with E-state index in [9.17, 15) is 5.26 Å². The number of hydrogen-bond acceptors (Lipinski definition) is 7. The highest BCUT2D eigenvalue weighted by Crippen LogP contribution is 2.34. The fourth-order valence-corrected chi connectivity index (χ4v) is 7.39. The van der Waals surface area contributed by atoms with Crippen LogP contribution in [0, 0.1) is 11.3 Å². The Hall–Kier alpha value is -3.96. The lowest BCUT2D eigenvalue weighted by atomic mass is 10.0. The van der Waals surface area contributed by atoms with Gasteiger partial charge in [-0.3, -0.25) is 9.88 Å². The molecule has 7 rings (SSSR count). The van der Waals surface area contributed by atoms with Crippen LogP contribution < -0.4 is 5.32 Å². The van der Waals surface area contributed by atoms with Gasteiger partial charge in [-0.1, -0.05) is 24.3 Å². The van der Waals surface area contributed by atoms with Gasteiger partial charge < -0.3 is 14.6 Å². The number of nitriles is 1. The average Bonchev–Trinajstić information content (AvgIpc) is 3.83. The second-order valence-corrected chi connectivity index (χ2v) is 12.6. The Labute approximate surface area is 251 Å². The van der Waals surface area contributed by atoms with Crippen molar-refractivity contribution < 1.29 is 4.42 Å². The van der Waals surface area contributed by atoms with Crippen LogP contribution in [0.15, 0.2) is 83.1 Å². The minimum atomic E-state index is 0.532. The van der Waals surface area contributed by atoms with E-state index in [4.69, 9.17) is 4.42 Å². The van der Waals surface area contributed by atoms with Crippen molar-refractivity contribution in [2.45, 2.75) is 44.7 Å². The molecule has 5 heterocycles. The topological polar surface area (TPSA) is 68.3 Å². The minimum absolute atomic E-state index is 0.532. The predicted octanol–water partition coefficient (Wildman–Crippen LogP) is 7.82. The fraction of sp³-hybridized carbons (Fsp3) is 0.314. The molecule has 3 aromatic heterocycles. The van der Waals surface area contributed by atoms with Crippen LogP contribution in [0.4, 0.5) is 11.4 Å². The molecular weight excluding hydrogens is 538 g/mol. The van der Waals surface area contributed by atoms with Crippen molar-refractivity contribution >= 4 is 33.6 Å². The zero-order valence-corrected chi connectivity index (χ0v) is 24.6. The van der Waals surface area contributed by atoms with E-state index in [1.54, 1.807) is 18.7 Å². The molecule has 1 N–H and O–H groups in total. The lowest BCUT2D eigenvalue weighted by Gasteiger charge is -2.36. The molecule has 2 fully saturated rings. The Morgan fingerprint density at radius 3 is 2.55 bits per heavy atom. The molecule has 6 nitrogen and oxygen atoms in total. The van der Waals surface area contributed by atoms with E-state index >= 15 is 0 Å². The summed E-state index contributed by atoms with van der Waals surface area (Å²) in [5.74, 6) is 0. The Kier molecular flexibility index (Phi) is 7.76. The predicted molar refractivity (Wildman–Crippen MR) is 170 cm³/mol. The van der Waals surface area contributed by atoms with Crippen molar-refractivity contribution in [3.63, 3.8) is 0 Å². The number of nitrogens with zero attached hydrogens (tertiary/aromatic N) is 4. The molecule has 7 heteroatoms. The average molecular weight is 574 g/mol. The second-order valence-electron chi connectivity index (χ2n) is 11.6. The van der Waals surface area contributed by atoms with Gasteiger partial charge in [0.05, 0.1) is 29.3 Å². The van der Waals surface area contributed by atoms with E-state index in [1.165, 1.54) is 67.9 Å². The molecule has 0 spiro atoms. The second kappa shape index (κ2) is 12.1. The highest BCUT2D eigenvalue weighted by atomic mass is 32.1. The maximum absolute atomic E-state index is 9.84. The first-order valence-electron chi connectivity index (χ1n) is 15.0. The fourth-order valence-electron chi connectivity index (χ4n) is 6.46. The van der Waals surface area contributed by atoms with Gasteiger partial charge in [0.2, 0.25) is 0 Å². The lowest BCUT2D eigenvalue weighted by molar-refractivity contribution is 0.123. The van der Waals surface area contributed by atoms with Crippen LogP contribution >= 0.6 is 11.3 Å². The molecule has 0 radical (unpaired) electrons. The summed E-state index contributed by atoms with van der Waals surface area (Å²) in [7, 11) is 0. The van der Waals surface area contributed by atoms with Gasteiger partial charge in [-0.05, 0) is 96.7 Å². The Morgan fingerprint density at radius 2 is 1.79 bits per heavy atom. The van der Waals surface area contributed by atoms with E-state index < -0.39 is 0 Å². The first kappa shape index (κ1) is 26.9. The zero-order chi connectivity index (χ0) is 28.3. The number of likely N-dealkylation sites (tertiary alicyclic amines) is 2. The summed E-state index contributed by atoms with van der Waals surface area (Å²) >= 11 is 1.85. The van der Waals surface area contributed by atoms with Crippen molar-refractivity contribution in [3.8, 4) is 17.2 Å². The first-order chi connectivity index (χ1) is 20.7. The van der Waals surface area contributed by atoms with Gasteiger partial charge in [0.15, 0.2) is 0 Å². The largest absolute Gasteiger partial charge is 0.472 e. The molecule has 2 saturated heterocycles.